The molecule has 0 saturated heterocycles. The molecule has 21 heavy (non-hydrogen) atoms. The van der Waals surface area contributed by atoms with E-state index in [1.54, 1.807) is 31.5 Å². The Morgan fingerprint density at radius 1 is 1.52 bits per heavy atom. The number of hydrogen-bond donors (Lipinski definition) is 2. The maximum absolute atomic E-state index is 12.3. The summed E-state index contributed by atoms with van der Waals surface area (Å²) in [4.78, 5) is 14.4. The largest absolute Gasteiger partial charge is 0.475 e. The molecule has 2 aromatic rings. The highest BCUT2D eigenvalue weighted by Gasteiger charge is 2.26. The first-order chi connectivity index (χ1) is 9.81. The number of furan rings is 1. The zero-order chi connectivity index (χ0) is 15.6. The van der Waals surface area contributed by atoms with Crippen LogP contribution in [-0.4, -0.2) is 24.5 Å². The second-order valence-electron chi connectivity index (χ2n) is 4.18. The molecule has 7 nitrogen and oxygen atoms in total. The average molecular weight is 375 g/mol. The van der Waals surface area contributed by atoms with Gasteiger partial charge in [0.25, 0.3) is 0 Å². The van der Waals surface area contributed by atoms with Gasteiger partial charge in [0.15, 0.2) is 4.67 Å². The summed E-state index contributed by atoms with van der Waals surface area (Å²) in [5, 5.41) is 8.81. The summed E-state index contributed by atoms with van der Waals surface area (Å²) in [6.45, 7) is 1.65. The summed E-state index contributed by atoms with van der Waals surface area (Å²) in [5.74, 6) is -1.81. The van der Waals surface area contributed by atoms with Crippen LogP contribution in [0.5, 0.6) is 0 Å². The lowest BCUT2D eigenvalue weighted by Crippen LogP contribution is -2.26. The predicted molar refractivity (Wildman–Crippen MR) is 76.3 cm³/mol. The molecular weight excluding hydrogens is 364 g/mol. The minimum absolute atomic E-state index is 0.161. The number of rotatable bonds is 5. The van der Waals surface area contributed by atoms with E-state index in [-0.39, 0.29) is 9.56 Å². The van der Waals surface area contributed by atoms with Crippen LogP contribution in [0.4, 0.5) is 0 Å². The van der Waals surface area contributed by atoms with Crippen LogP contribution in [0.1, 0.15) is 29.1 Å². The highest BCUT2D eigenvalue weighted by atomic mass is 79.9. The number of halogens is 1. The van der Waals surface area contributed by atoms with E-state index >= 15 is 0 Å². The minimum Gasteiger partial charge on any atom is -0.475 e. The van der Waals surface area contributed by atoms with E-state index in [0.717, 1.165) is 6.07 Å². The highest BCUT2D eigenvalue weighted by molar-refractivity contribution is 9.10. The molecule has 2 heterocycles. The first-order valence-corrected chi connectivity index (χ1v) is 8.04. The van der Waals surface area contributed by atoms with Crippen LogP contribution in [0.25, 0.3) is 0 Å². The van der Waals surface area contributed by atoms with Gasteiger partial charge in [0, 0.05) is 24.5 Å². The molecule has 0 amide bonds. The smallest absolute Gasteiger partial charge is 0.371 e. The molecule has 0 saturated carbocycles. The summed E-state index contributed by atoms with van der Waals surface area (Å²) in [7, 11) is -3.93. The van der Waals surface area contributed by atoms with Crippen molar-refractivity contribution in [1.29, 1.82) is 0 Å². The van der Waals surface area contributed by atoms with Gasteiger partial charge in [-0.2, -0.15) is 0 Å². The molecule has 0 spiro atoms. The van der Waals surface area contributed by atoms with Crippen LogP contribution in [0, 0.1) is 0 Å². The molecule has 2 aromatic heterocycles. The van der Waals surface area contributed by atoms with Crippen molar-refractivity contribution in [2.24, 2.45) is 0 Å². The van der Waals surface area contributed by atoms with Gasteiger partial charge in [-0.15, -0.1) is 0 Å². The third-order valence-corrected chi connectivity index (χ3v) is 5.07. The Bertz CT molecular complexity index is 757. The summed E-state index contributed by atoms with van der Waals surface area (Å²) in [5.41, 5.74) is 0.680. The zero-order valence-electron chi connectivity index (χ0n) is 10.8. The number of carboxylic acids is 1. The van der Waals surface area contributed by atoms with Crippen LogP contribution < -0.4 is 4.72 Å². The Morgan fingerprint density at radius 3 is 2.76 bits per heavy atom. The van der Waals surface area contributed by atoms with E-state index in [1.807, 2.05) is 0 Å². The maximum atomic E-state index is 12.3. The van der Waals surface area contributed by atoms with Crippen molar-refractivity contribution in [3.05, 3.63) is 46.6 Å². The van der Waals surface area contributed by atoms with Gasteiger partial charge >= 0.3 is 5.97 Å². The van der Waals surface area contributed by atoms with Crippen LogP contribution >= 0.6 is 15.9 Å². The van der Waals surface area contributed by atoms with Crippen molar-refractivity contribution >= 4 is 31.9 Å². The third-order valence-electron chi connectivity index (χ3n) is 2.67. The number of pyridine rings is 1. The van der Waals surface area contributed by atoms with Gasteiger partial charge in [-0.1, -0.05) is 6.07 Å². The van der Waals surface area contributed by atoms with Crippen LogP contribution in [0.3, 0.4) is 0 Å². The van der Waals surface area contributed by atoms with E-state index in [1.165, 1.54) is 0 Å². The van der Waals surface area contributed by atoms with Crippen molar-refractivity contribution in [3.63, 3.8) is 0 Å². The Balaban J connectivity index is 2.29. The Kier molecular flexibility index (Phi) is 4.45. The molecule has 0 aliphatic carbocycles. The summed E-state index contributed by atoms with van der Waals surface area (Å²) < 4.78 is 31.6. The third kappa shape index (κ3) is 3.49. The SMILES string of the molecule is C[C@H](NS(=O)(=O)c1cc(C(=O)O)oc1Br)c1cccnc1. The fourth-order valence-electron chi connectivity index (χ4n) is 1.64. The Hall–Kier alpha value is -1.71. The number of carboxylic acid groups (broad SMARTS) is 1. The fraction of sp³-hybridized carbons (Fsp3) is 0.167. The second-order valence-corrected chi connectivity index (χ2v) is 6.59. The summed E-state index contributed by atoms with van der Waals surface area (Å²) in [6, 6.07) is 3.84. The van der Waals surface area contributed by atoms with Gasteiger partial charge in [-0.05, 0) is 34.5 Å². The maximum Gasteiger partial charge on any atom is 0.371 e. The molecule has 0 aliphatic heterocycles. The first kappa shape index (κ1) is 15.7. The Labute approximate surface area is 129 Å². The van der Waals surface area contributed by atoms with Crippen molar-refractivity contribution < 1.29 is 22.7 Å². The van der Waals surface area contributed by atoms with Gasteiger partial charge in [0.05, 0.1) is 0 Å². The van der Waals surface area contributed by atoms with Crippen molar-refractivity contribution in [2.75, 3.05) is 0 Å². The molecule has 9 heteroatoms. The minimum atomic E-state index is -3.93. The standard InChI is InChI=1S/C12H11BrN2O5S/c1-7(8-3-2-4-14-6-8)15-21(18,19)10-5-9(12(16)17)20-11(10)13/h2-7,15H,1H3,(H,16,17)/t7-/m0/s1. The van der Waals surface area contributed by atoms with Crippen molar-refractivity contribution in [1.82, 2.24) is 9.71 Å². The molecule has 0 bridgehead atoms. The molecule has 0 aromatic carbocycles. The highest BCUT2D eigenvalue weighted by Crippen LogP contribution is 2.27. The topological polar surface area (TPSA) is 110 Å². The van der Waals surface area contributed by atoms with E-state index < -0.39 is 27.8 Å². The average Bonchev–Trinajstić information content (AvgIpc) is 2.82. The van der Waals surface area contributed by atoms with E-state index in [2.05, 4.69) is 25.6 Å². The normalized spacial score (nSPS) is 13.0. The number of nitrogens with one attached hydrogen (secondary N) is 1. The summed E-state index contributed by atoms with van der Waals surface area (Å²) in [6.07, 6.45) is 3.12. The van der Waals surface area contributed by atoms with Gasteiger partial charge in [0.1, 0.15) is 4.90 Å². The van der Waals surface area contributed by atoms with Crippen molar-refractivity contribution in [3.8, 4) is 0 Å². The number of aromatic carboxylic acids is 1. The fourth-order valence-corrected chi connectivity index (χ4v) is 3.81. The molecule has 2 N–H and O–H groups in total. The van der Waals surface area contributed by atoms with Crippen LogP contribution in [-0.2, 0) is 10.0 Å². The lowest BCUT2D eigenvalue weighted by molar-refractivity contribution is 0.0661. The van der Waals surface area contributed by atoms with Gasteiger partial charge in [0.2, 0.25) is 15.8 Å². The molecule has 1 atom stereocenters. The van der Waals surface area contributed by atoms with Gasteiger partial charge in [-0.3, -0.25) is 4.98 Å². The number of carbonyl (C=O) groups is 1. The second kappa shape index (κ2) is 5.96. The van der Waals surface area contributed by atoms with Crippen LogP contribution in [0.2, 0.25) is 0 Å². The molecule has 0 unspecified atom stereocenters. The van der Waals surface area contributed by atoms with E-state index in [4.69, 9.17) is 9.52 Å². The van der Waals surface area contributed by atoms with Crippen molar-refractivity contribution in [2.45, 2.75) is 17.9 Å². The van der Waals surface area contributed by atoms with E-state index in [9.17, 15) is 13.2 Å². The van der Waals surface area contributed by atoms with Gasteiger partial charge < -0.3 is 9.52 Å². The number of nitrogens with zero attached hydrogens (tertiary/aromatic N) is 1. The number of aromatic nitrogens is 1. The van der Waals surface area contributed by atoms with E-state index in [0.29, 0.717) is 5.56 Å². The lowest BCUT2D eigenvalue weighted by Gasteiger charge is -2.13. The van der Waals surface area contributed by atoms with Gasteiger partial charge in [-0.25, -0.2) is 17.9 Å². The molecule has 2 rings (SSSR count). The zero-order valence-corrected chi connectivity index (χ0v) is 13.2. The molecular formula is C12H11BrN2O5S. The molecule has 112 valence electrons. The predicted octanol–water partition coefficient (Wildman–Crippen LogP) is 2.17. The molecule has 0 radical (unpaired) electrons. The quantitative estimate of drug-likeness (QED) is 0.829. The molecule has 0 aliphatic rings. The number of hydrogen-bond acceptors (Lipinski definition) is 5. The Morgan fingerprint density at radius 2 is 2.24 bits per heavy atom. The molecule has 0 fully saturated rings. The first-order valence-electron chi connectivity index (χ1n) is 5.76. The summed E-state index contributed by atoms with van der Waals surface area (Å²) >= 11 is 2.91. The number of sulfonamides is 1. The van der Waals surface area contributed by atoms with Crippen LogP contribution in [0.15, 0.2) is 44.6 Å². The monoisotopic (exact) mass is 374 g/mol. The lowest BCUT2D eigenvalue weighted by atomic mass is 10.2.